The van der Waals surface area contributed by atoms with Crippen LogP contribution in [0.2, 0.25) is 5.02 Å². The number of carbonyl (C=O) groups is 1. The highest BCUT2D eigenvalue weighted by Gasteiger charge is 2.54. The highest BCUT2D eigenvalue weighted by Crippen LogP contribution is 2.48. The molecule has 0 radical (unpaired) electrons. The summed E-state index contributed by atoms with van der Waals surface area (Å²) in [5, 5.41) is 12.4. The average Bonchev–Trinajstić information content (AvgIpc) is 3.62. The maximum Gasteiger partial charge on any atom is 0.281 e. The topological polar surface area (TPSA) is 118 Å². The second-order valence-electron chi connectivity index (χ2n) is 8.08. The predicted octanol–water partition coefficient (Wildman–Crippen LogP) is 2.82. The molecular weight excluding hydrogens is 442 g/mol. The van der Waals surface area contributed by atoms with Gasteiger partial charge in [0.2, 0.25) is 0 Å². The van der Waals surface area contributed by atoms with Crippen LogP contribution in [0, 0.1) is 0 Å². The molecule has 1 heterocycles. The van der Waals surface area contributed by atoms with Gasteiger partial charge in [-0.3, -0.25) is 4.79 Å². The van der Waals surface area contributed by atoms with Gasteiger partial charge in [-0.15, -0.1) is 0 Å². The van der Waals surface area contributed by atoms with E-state index in [1.807, 2.05) is 6.07 Å². The molecule has 2 saturated carbocycles. The highest BCUT2D eigenvalue weighted by molar-refractivity contribution is 7.90. The molecular formula is C21H24ClN3O5S. The summed E-state index contributed by atoms with van der Waals surface area (Å²) in [5.41, 5.74) is -0.242. The molecule has 0 bridgehead atoms. The highest BCUT2D eigenvalue weighted by atomic mass is 35.5. The number of carbonyl (C=O) groups excluding carboxylic acids is 1. The quantitative estimate of drug-likeness (QED) is 0.521. The number of halogens is 1. The maximum absolute atomic E-state index is 12.9. The first-order valence-corrected chi connectivity index (χ1v) is 12.0. The van der Waals surface area contributed by atoms with Gasteiger partial charge >= 0.3 is 0 Å². The van der Waals surface area contributed by atoms with E-state index >= 15 is 0 Å². The van der Waals surface area contributed by atoms with E-state index < -0.39 is 27.6 Å². The summed E-state index contributed by atoms with van der Waals surface area (Å²) in [6, 6.07) is 9.74. The van der Waals surface area contributed by atoms with Gasteiger partial charge in [-0.05, 0) is 55.5 Å². The number of sulfonamides is 1. The minimum Gasteiger partial charge on any atom is -0.477 e. The summed E-state index contributed by atoms with van der Waals surface area (Å²) >= 11 is 6.11. The van der Waals surface area contributed by atoms with E-state index in [9.17, 15) is 18.3 Å². The van der Waals surface area contributed by atoms with Crippen molar-refractivity contribution in [1.29, 1.82) is 0 Å². The molecule has 4 rings (SSSR count). The number of anilines is 1. The number of rotatable bonds is 9. The number of hydrogen-bond donors (Lipinski definition) is 3. The molecule has 2 aliphatic rings. The Labute approximate surface area is 186 Å². The molecule has 1 aromatic carbocycles. The van der Waals surface area contributed by atoms with Crippen molar-refractivity contribution in [3.8, 4) is 5.75 Å². The zero-order valence-electron chi connectivity index (χ0n) is 17.0. The lowest BCUT2D eigenvalue weighted by Crippen LogP contribution is -2.43. The van der Waals surface area contributed by atoms with Gasteiger partial charge in [-0.1, -0.05) is 23.7 Å². The molecule has 0 spiro atoms. The Morgan fingerprint density at radius 3 is 2.71 bits per heavy atom. The number of hydrogen-bond acceptors (Lipinski definition) is 7. The molecule has 10 heteroatoms. The standard InChI is InChI=1S/C21H24ClN3O5S/c1-13(26)12-23-18-3-2-4-19(24-18)31(28,29)25-20(27)21(9-10-21)30-17-11-15(22)7-8-16(17)14-5-6-14/h2-4,7-8,11,13-14,26H,5-6,9-10,12H2,1H3,(H,23,24)(H,25,27). The summed E-state index contributed by atoms with van der Waals surface area (Å²) in [6.07, 6.45) is 2.30. The number of nitrogens with zero attached hydrogens (tertiary/aromatic N) is 1. The Bertz CT molecular complexity index is 1100. The molecule has 2 aromatic rings. The summed E-state index contributed by atoms with van der Waals surface area (Å²) in [6.45, 7) is 1.81. The molecule has 1 amide bonds. The molecule has 0 saturated heterocycles. The van der Waals surface area contributed by atoms with Crippen LogP contribution in [-0.2, 0) is 14.8 Å². The fourth-order valence-electron chi connectivity index (χ4n) is 3.21. The van der Waals surface area contributed by atoms with Gasteiger partial charge in [0.25, 0.3) is 15.9 Å². The van der Waals surface area contributed by atoms with Gasteiger partial charge in [-0.2, -0.15) is 8.42 Å². The Hall–Kier alpha value is -2.36. The van der Waals surface area contributed by atoms with Crippen molar-refractivity contribution in [2.45, 2.75) is 55.3 Å². The maximum atomic E-state index is 12.9. The smallest absolute Gasteiger partial charge is 0.281 e. The third-order valence-electron chi connectivity index (χ3n) is 5.22. The van der Waals surface area contributed by atoms with E-state index in [0.717, 1.165) is 18.4 Å². The zero-order valence-corrected chi connectivity index (χ0v) is 18.5. The van der Waals surface area contributed by atoms with Crippen molar-refractivity contribution < 1.29 is 23.1 Å². The Morgan fingerprint density at radius 1 is 1.32 bits per heavy atom. The van der Waals surface area contributed by atoms with Crippen LogP contribution in [0.4, 0.5) is 5.82 Å². The Kier molecular flexibility index (Phi) is 5.85. The molecule has 3 N–H and O–H groups in total. The lowest BCUT2D eigenvalue weighted by Gasteiger charge is -2.20. The van der Waals surface area contributed by atoms with Crippen LogP contribution in [-0.4, -0.2) is 42.7 Å². The predicted molar refractivity (Wildman–Crippen MR) is 116 cm³/mol. The first-order valence-electron chi connectivity index (χ1n) is 10.1. The lowest BCUT2D eigenvalue weighted by molar-refractivity contribution is -0.127. The van der Waals surface area contributed by atoms with Crippen molar-refractivity contribution in [3.63, 3.8) is 0 Å². The van der Waals surface area contributed by atoms with E-state index in [1.165, 1.54) is 12.1 Å². The van der Waals surface area contributed by atoms with E-state index in [2.05, 4.69) is 15.0 Å². The molecule has 31 heavy (non-hydrogen) atoms. The van der Waals surface area contributed by atoms with Crippen LogP contribution in [0.1, 0.15) is 44.1 Å². The fraction of sp³-hybridized carbons (Fsp3) is 0.429. The second-order valence-corrected chi connectivity index (χ2v) is 10.1. The number of benzene rings is 1. The molecule has 1 unspecified atom stereocenters. The minimum atomic E-state index is -4.20. The first-order chi connectivity index (χ1) is 14.7. The molecule has 1 aromatic heterocycles. The summed E-state index contributed by atoms with van der Waals surface area (Å²) in [5.74, 6) is 0.471. The second kappa shape index (κ2) is 8.29. The lowest BCUT2D eigenvalue weighted by atomic mass is 10.1. The van der Waals surface area contributed by atoms with Crippen molar-refractivity contribution in [1.82, 2.24) is 9.71 Å². The van der Waals surface area contributed by atoms with E-state index in [0.29, 0.717) is 29.5 Å². The van der Waals surface area contributed by atoms with Gasteiger partial charge in [0.15, 0.2) is 10.6 Å². The van der Waals surface area contributed by atoms with Gasteiger partial charge in [0.05, 0.1) is 6.10 Å². The van der Waals surface area contributed by atoms with Crippen LogP contribution in [0.15, 0.2) is 41.4 Å². The normalized spacial score (nSPS) is 18.2. The number of pyridine rings is 1. The van der Waals surface area contributed by atoms with Gasteiger partial charge in [0, 0.05) is 24.4 Å². The molecule has 1 atom stereocenters. The SMILES string of the molecule is CC(O)CNc1cccc(S(=O)(=O)NC(=O)C2(Oc3cc(Cl)ccc3C3CC3)CC2)n1. The monoisotopic (exact) mass is 465 g/mol. The van der Waals surface area contributed by atoms with Crippen molar-refractivity contribution in [2.75, 3.05) is 11.9 Å². The molecule has 2 fully saturated rings. The Balaban J connectivity index is 1.49. The zero-order chi connectivity index (χ0) is 22.2. The van der Waals surface area contributed by atoms with Gasteiger partial charge < -0.3 is 15.2 Å². The van der Waals surface area contributed by atoms with Crippen molar-refractivity contribution in [2.24, 2.45) is 0 Å². The third-order valence-corrected chi connectivity index (χ3v) is 6.69. The first kappa shape index (κ1) is 21.9. The van der Waals surface area contributed by atoms with Crippen LogP contribution < -0.4 is 14.8 Å². The van der Waals surface area contributed by atoms with Crippen molar-refractivity contribution >= 4 is 33.3 Å². The number of aromatic nitrogens is 1. The molecule has 8 nitrogen and oxygen atoms in total. The molecule has 2 aliphatic carbocycles. The largest absolute Gasteiger partial charge is 0.477 e. The molecule has 0 aliphatic heterocycles. The summed E-state index contributed by atoms with van der Waals surface area (Å²) in [7, 11) is -4.20. The fourth-order valence-corrected chi connectivity index (χ4v) is 4.38. The van der Waals surface area contributed by atoms with Crippen LogP contribution in [0.25, 0.3) is 0 Å². The third kappa shape index (κ3) is 5.11. The van der Waals surface area contributed by atoms with E-state index in [4.69, 9.17) is 16.3 Å². The molecule has 166 valence electrons. The van der Waals surface area contributed by atoms with Crippen molar-refractivity contribution in [3.05, 3.63) is 47.0 Å². The van der Waals surface area contributed by atoms with E-state index in [1.54, 1.807) is 25.1 Å². The number of nitrogens with one attached hydrogen (secondary N) is 2. The van der Waals surface area contributed by atoms with E-state index in [-0.39, 0.29) is 17.4 Å². The summed E-state index contributed by atoms with van der Waals surface area (Å²) in [4.78, 5) is 16.9. The average molecular weight is 466 g/mol. The number of aliphatic hydroxyl groups excluding tert-OH is 1. The Morgan fingerprint density at radius 2 is 2.06 bits per heavy atom. The van der Waals surface area contributed by atoms with Gasteiger partial charge in [0.1, 0.15) is 11.6 Å². The van der Waals surface area contributed by atoms with Crippen LogP contribution in [0.5, 0.6) is 5.75 Å². The minimum absolute atomic E-state index is 0.211. The van der Waals surface area contributed by atoms with Gasteiger partial charge in [-0.25, -0.2) is 9.71 Å². The van der Waals surface area contributed by atoms with Crippen LogP contribution >= 0.6 is 11.6 Å². The summed E-state index contributed by atoms with van der Waals surface area (Å²) < 4.78 is 33.6. The number of amides is 1. The number of ether oxygens (including phenoxy) is 1. The number of aliphatic hydroxyl groups is 1. The van der Waals surface area contributed by atoms with Crippen LogP contribution in [0.3, 0.4) is 0 Å².